The summed E-state index contributed by atoms with van der Waals surface area (Å²) in [6, 6.07) is 26.5. The van der Waals surface area contributed by atoms with Crippen molar-refractivity contribution in [2.75, 3.05) is 54.4 Å². The quantitative estimate of drug-likeness (QED) is 0.333. The Hall–Kier alpha value is -4.03. The van der Waals surface area contributed by atoms with Crippen molar-refractivity contribution in [1.82, 2.24) is 9.88 Å². The van der Waals surface area contributed by atoms with E-state index in [2.05, 4.69) is 64.5 Å². The highest BCUT2D eigenvalue weighted by Crippen LogP contribution is 2.34. The second kappa shape index (κ2) is 11.0. The van der Waals surface area contributed by atoms with Crippen LogP contribution in [-0.4, -0.2) is 55.1 Å². The Bertz CT molecular complexity index is 1480. The Morgan fingerprint density at radius 1 is 0.897 bits per heavy atom. The summed E-state index contributed by atoms with van der Waals surface area (Å²) in [6.45, 7) is 7.67. The third-order valence-corrected chi connectivity index (χ3v) is 7.92. The molecule has 0 atom stereocenters. The molecule has 0 unspecified atom stereocenters. The van der Waals surface area contributed by atoms with Gasteiger partial charge in [0.1, 0.15) is 5.82 Å². The van der Waals surface area contributed by atoms with Crippen molar-refractivity contribution in [1.29, 1.82) is 0 Å². The maximum Gasteiger partial charge on any atom is 0.253 e. The van der Waals surface area contributed by atoms with E-state index in [0.717, 1.165) is 60.4 Å². The number of pyridine rings is 1. The van der Waals surface area contributed by atoms with Crippen molar-refractivity contribution >= 4 is 34.7 Å². The van der Waals surface area contributed by atoms with Crippen LogP contribution in [0.2, 0.25) is 5.02 Å². The lowest BCUT2D eigenvalue weighted by atomic mass is 10.0. The van der Waals surface area contributed by atoms with Gasteiger partial charge in [-0.15, -0.1) is 0 Å². The molecule has 198 valence electrons. The van der Waals surface area contributed by atoms with Crippen LogP contribution in [0.3, 0.4) is 0 Å². The number of carbonyl (C=O) groups excluding carboxylic acids is 1. The molecule has 1 N–H and O–H groups in total. The van der Waals surface area contributed by atoms with Crippen LogP contribution in [0.4, 0.5) is 17.2 Å². The Morgan fingerprint density at radius 3 is 2.54 bits per heavy atom. The van der Waals surface area contributed by atoms with E-state index in [1.807, 2.05) is 47.5 Å². The Kier molecular flexibility index (Phi) is 7.12. The molecule has 1 saturated heterocycles. The lowest BCUT2D eigenvalue weighted by molar-refractivity contribution is 0.0747. The van der Waals surface area contributed by atoms with Gasteiger partial charge >= 0.3 is 0 Å². The second-order valence-corrected chi connectivity index (χ2v) is 10.6. The molecular weight excluding hydrogens is 506 g/mol. The average Bonchev–Trinajstić information content (AvgIpc) is 2.99. The molecule has 3 heterocycles. The van der Waals surface area contributed by atoms with Gasteiger partial charge in [-0.05, 0) is 66.1 Å². The Morgan fingerprint density at radius 2 is 1.72 bits per heavy atom. The molecule has 2 aliphatic heterocycles. The lowest BCUT2D eigenvalue weighted by Gasteiger charge is -2.36. The molecule has 0 saturated carbocycles. The Balaban J connectivity index is 1.20. The monoisotopic (exact) mass is 537 g/mol. The smallest absolute Gasteiger partial charge is 0.253 e. The van der Waals surface area contributed by atoms with E-state index in [-0.39, 0.29) is 5.91 Å². The van der Waals surface area contributed by atoms with Crippen LogP contribution in [0.5, 0.6) is 0 Å². The molecule has 3 aromatic carbocycles. The van der Waals surface area contributed by atoms with Gasteiger partial charge in [-0.3, -0.25) is 4.79 Å². The zero-order valence-corrected chi connectivity index (χ0v) is 22.9. The molecule has 2 aliphatic rings. The molecular formula is C32H32ClN5O. The number of benzene rings is 3. The molecule has 0 spiro atoms. The molecule has 6 rings (SSSR count). The summed E-state index contributed by atoms with van der Waals surface area (Å²) in [6.07, 6.45) is 1.89. The zero-order chi connectivity index (χ0) is 26.8. The minimum Gasteiger partial charge on any atom is -0.368 e. The maximum atomic E-state index is 13.4. The molecule has 7 heteroatoms. The van der Waals surface area contributed by atoms with Crippen LogP contribution in [-0.2, 0) is 6.54 Å². The molecule has 1 amide bonds. The van der Waals surface area contributed by atoms with Gasteiger partial charge in [-0.2, -0.15) is 0 Å². The van der Waals surface area contributed by atoms with Crippen molar-refractivity contribution in [3.8, 4) is 11.1 Å². The van der Waals surface area contributed by atoms with Crippen LogP contribution in [0.1, 0.15) is 21.5 Å². The molecule has 0 bridgehead atoms. The molecule has 0 aliphatic carbocycles. The standard InChI is InChI=1S/C32H32ClN5O/c1-23-10-11-28(33)19-27(23)22-38-13-12-34-31-30(38)20-26(21-35-31)24-6-5-7-25(18-24)32(39)37-16-14-36(15-17-37)29-8-3-2-4-9-29/h2-11,18-21H,12-17,22H2,1H3,(H,34,35). The summed E-state index contributed by atoms with van der Waals surface area (Å²) in [4.78, 5) is 24.8. The molecule has 0 radical (unpaired) electrons. The van der Waals surface area contributed by atoms with Crippen molar-refractivity contribution in [3.63, 3.8) is 0 Å². The van der Waals surface area contributed by atoms with E-state index >= 15 is 0 Å². The van der Waals surface area contributed by atoms with Crippen LogP contribution in [0, 0.1) is 6.92 Å². The molecule has 1 aromatic heterocycles. The minimum absolute atomic E-state index is 0.0789. The summed E-state index contributed by atoms with van der Waals surface area (Å²) in [5, 5.41) is 4.18. The van der Waals surface area contributed by atoms with Crippen LogP contribution < -0.4 is 15.1 Å². The number of para-hydroxylation sites is 1. The highest BCUT2D eigenvalue weighted by Gasteiger charge is 2.23. The lowest BCUT2D eigenvalue weighted by Crippen LogP contribution is -2.48. The first-order chi connectivity index (χ1) is 19.0. The predicted octanol–water partition coefficient (Wildman–Crippen LogP) is 6.10. The van der Waals surface area contributed by atoms with Crippen molar-refractivity contribution in [2.24, 2.45) is 0 Å². The summed E-state index contributed by atoms with van der Waals surface area (Å²) in [5.74, 6) is 0.961. The third kappa shape index (κ3) is 5.43. The number of aromatic nitrogens is 1. The van der Waals surface area contributed by atoms with Crippen LogP contribution in [0.15, 0.2) is 85.1 Å². The SMILES string of the molecule is Cc1ccc(Cl)cc1CN1CCNc2ncc(-c3cccc(C(=O)N4CCN(c5ccccc5)CC4)c3)cc21. The largest absolute Gasteiger partial charge is 0.368 e. The van der Waals surface area contributed by atoms with Crippen LogP contribution in [0.25, 0.3) is 11.1 Å². The van der Waals surface area contributed by atoms with E-state index in [9.17, 15) is 4.79 Å². The summed E-state index contributed by atoms with van der Waals surface area (Å²) in [5.41, 5.74) is 7.40. The first-order valence-electron chi connectivity index (χ1n) is 13.5. The van der Waals surface area contributed by atoms with Gasteiger partial charge < -0.3 is 20.0 Å². The number of nitrogens with one attached hydrogen (secondary N) is 1. The highest BCUT2D eigenvalue weighted by molar-refractivity contribution is 6.30. The number of piperazine rings is 1. The summed E-state index contributed by atoms with van der Waals surface area (Å²) < 4.78 is 0. The normalized spacial score (nSPS) is 15.1. The van der Waals surface area contributed by atoms with Crippen LogP contribution >= 0.6 is 11.6 Å². The number of fused-ring (bicyclic) bond motifs is 1. The third-order valence-electron chi connectivity index (χ3n) is 7.69. The summed E-state index contributed by atoms with van der Waals surface area (Å²) >= 11 is 6.30. The fourth-order valence-electron chi connectivity index (χ4n) is 5.42. The number of carbonyl (C=O) groups is 1. The Labute approximate surface area is 234 Å². The van der Waals surface area contributed by atoms with E-state index < -0.39 is 0 Å². The molecule has 6 nitrogen and oxygen atoms in total. The van der Waals surface area contributed by atoms with E-state index in [1.165, 1.54) is 16.8 Å². The fraction of sp³-hybridized carbons (Fsp3) is 0.250. The van der Waals surface area contributed by atoms with Gasteiger partial charge in [0.2, 0.25) is 0 Å². The fourth-order valence-corrected chi connectivity index (χ4v) is 5.61. The van der Waals surface area contributed by atoms with Crippen molar-refractivity contribution < 1.29 is 4.79 Å². The van der Waals surface area contributed by atoms with Gasteiger partial charge in [0, 0.05) is 73.8 Å². The first-order valence-corrected chi connectivity index (χ1v) is 13.9. The molecule has 1 fully saturated rings. The number of hydrogen-bond donors (Lipinski definition) is 1. The number of amides is 1. The number of nitrogens with zero attached hydrogens (tertiary/aromatic N) is 4. The van der Waals surface area contributed by atoms with Gasteiger partial charge in [-0.1, -0.05) is 48.0 Å². The van der Waals surface area contributed by atoms with E-state index in [0.29, 0.717) is 18.7 Å². The van der Waals surface area contributed by atoms with E-state index in [1.54, 1.807) is 0 Å². The van der Waals surface area contributed by atoms with Gasteiger partial charge in [0.25, 0.3) is 5.91 Å². The number of anilines is 3. The predicted molar refractivity (Wildman–Crippen MR) is 160 cm³/mol. The number of hydrogen-bond acceptors (Lipinski definition) is 5. The highest BCUT2D eigenvalue weighted by atomic mass is 35.5. The number of aryl methyl sites for hydroxylation is 1. The zero-order valence-electron chi connectivity index (χ0n) is 22.1. The van der Waals surface area contributed by atoms with Gasteiger partial charge in [0.05, 0.1) is 5.69 Å². The topological polar surface area (TPSA) is 51.7 Å². The second-order valence-electron chi connectivity index (χ2n) is 10.2. The van der Waals surface area contributed by atoms with E-state index in [4.69, 9.17) is 16.6 Å². The maximum absolute atomic E-state index is 13.4. The molecule has 39 heavy (non-hydrogen) atoms. The summed E-state index contributed by atoms with van der Waals surface area (Å²) in [7, 11) is 0. The first kappa shape index (κ1) is 25.3. The minimum atomic E-state index is 0.0789. The molecule has 4 aromatic rings. The van der Waals surface area contributed by atoms with Crippen molar-refractivity contribution in [3.05, 3.63) is 107 Å². The average molecular weight is 538 g/mol. The number of rotatable bonds is 5. The number of halogens is 1. The van der Waals surface area contributed by atoms with Crippen molar-refractivity contribution in [2.45, 2.75) is 13.5 Å². The van der Waals surface area contributed by atoms with Gasteiger partial charge in [-0.25, -0.2) is 4.98 Å². The van der Waals surface area contributed by atoms with Gasteiger partial charge in [0.15, 0.2) is 0 Å².